The number of amides is 1. The third kappa shape index (κ3) is 4.43. The summed E-state index contributed by atoms with van der Waals surface area (Å²) in [5.74, 6) is -0.936. The Bertz CT molecular complexity index is 893. The molecule has 0 spiro atoms. The number of nitrogens with zero attached hydrogens (tertiary/aromatic N) is 1. The molecule has 1 atom stereocenters. The Morgan fingerprint density at radius 1 is 1.19 bits per heavy atom. The molecule has 0 heterocycles. The third-order valence-electron chi connectivity index (χ3n) is 4.42. The highest BCUT2D eigenvalue weighted by atomic mass is 35.5. The first-order valence-corrected chi connectivity index (χ1v) is 8.71. The predicted molar refractivity (Wildman–Crippen MR) is 98.8 cm³/mol. The van der Waals surface area contributed by atoms with Crippen molar-refractivity contribution >= 4 is 29.2 Å². The van der Waals surface area contributed by atoms with Crippen LogP contribution in [0.4, 0.5) is 5.69 Å². The summed E-state index contributed by atoms with van der Waals surface area (Å²) in [6, 6.07) is 10.5. The minimum atomic E-state index is -0.746. The van der Waals surface area contributed by atoms with Gasteiger partial charge in [-0.2, -0.15) is 0 Å². The lowest BCUT2D eigenvalue weighted by molar-refractivity contribution is -0.384. The largest absolute Gasteiger partial charge is 0.465 e. The van der Waals surface area contributed by atoms with Gasteiger partial charge in [-0.25, -0.2) is 4.79 Å². The standard InChI is InChI=1S/C19H17ClN2O5/c1-27-19(24)14-8-13(9-16(10-14)22(25)26)18(23)21-17(11-2-3-11)12-4-6-15(20)7-5-12/h4-11,17H,2-3H2,1H3,(H,21,23)/t17-/m0/s1. The van der Waals surface area contributed by atoms with Crippen LogP contribution in [-0.4, -0.2) is 23.9 Å². The van der Waals surface area contributed by atoms with Crippen molar-refractivity contribution in [2.24, 2.45) is 5.92 Å². The van der Waals surface area contributed by atoms with Crippen molar-refractivity contribution in [3.63, 3.8) is 0 Å². The molecule has 0 radical (unpaired) electrons. The van der Waals surface area contributed by atoms with Gasteiger partial charge in [0.05, 0.1) is 23.6 Å². The topological polar surface area (TPSA) is 98.5 Å². The fourth-order valence-corrected chi connectivity index (χ4v) is 3.01. The van der Waals surface area contributed by atoms with Gasteiger partial charge in [-0.15, -0.1) is 0 Å². The van der Waals surface area contributed by atoms with Gasteiger partial charge >= 0.3 is 5.97 Å². The van der Waals surface area contributed by atoms with Crippen LogP contribution in [0.15, 0.2) is 42.5 Å². The second-order valence-corrected chi connectivity index (χ2v) is 6.79. The summed E-state index contributed by atoms with van der Waals surface area (Å²) in [4.78, 5) is 35.0. The van der Waals surface area contributed by atoms with Crippen LogP contribution in [-0.2, 0) is 4.74 Å². The number of carbonyl (C=O) groups is 2. The molecule has 1 aliphatic rings. The van der Waals surface area contributed by atoms with Crippen LogP contribution in [0.25, 0.3) is 0 Å². The highest BCUT2D eigenvalue weighted by Gasteiger charge is 2.34. The normalized spacial score (nSPS) is 14.3. The monoisotopic (exact) mass is 388 g/mol. The zero-order valence-electron chi connectivity index (χ0n) is 14.5. The van der Waals surface area contributed by atoms with Crippen molar-refractivity contribution in [1.29, 1.82) is 0 Å². The highest BCUT2D eigenvalue weighted by Crippen LogP contribution is 2.41. The number of esters is 1. The number of methoxy groups -OCH3 is 1. The van der Waals surface area contributed by atoms with Crippen LogP contribution < -0.4 is 5.32 Å². The average Bonchev–Trinajstić information content (AvgIpc) is 3.50. The van der Waals surface area contributed by atoms with E-state index in [1.54, 1.807) is 12.1 Å². The molecule has 7 nitrogen and oxygen atoms in total. The van der Waals surface area contributed by atoms with E-state index in [0.717, 1.165) is 30.5 Å². The fourth-order valence-electron chi connectivity index (χ4n) is 2.88. The van der Waals surface area contributed by atoms with Crippen LogP contribution in [0.3, 0.4) is 0 Å². The maximum atomic E-state index is 12.8. The molecule has 1 aliphatic carbocycles. The van der Waals surface area contributed by atoms with Crippen molar-refractivity contribution in [1.82, 2.24) is 5.32 Å². The summed E-state index contributed by atoms with van der Waals surface area (Å²) in [5, 5.41) is 14.7. The molecule has 1 fully saturated rings. The Morgan fingerprint density at radius 2 is 1.81 bits per heavy atom. The SMILES string of the molecule is COC(=O)c1cc(C(=O)N[C@H](c2ccc(Cl)cc2)C2CC2)cc([N+](=O)[O-])c1. The molecule has 0 bridgehead atoms. The fraction of sp³-hybridized carbons (Fsp3) is 0.263. The number of non-ortho nitro benzene ring substituents is 1. The van der Waals surface area contributed by atoms with Crippen LogP contribution >= 0.6 is 11.6 Å². The van der Waals surface area contributed by atoms with Gasteiger partial charge in [0.15, 0.2) is 0 Å². The summed E-state index contributed by atoms with van der Waals surface area (Å²) < 4.78 is 4.61. The molecule has 2 aromatic carbocycles. The van der Waals surface area contributed by atoms with E-state index >= 15 is 0 Å². The Balaban J connectivity index is 1.89. The molecular weight excluding hydrogens is 372 g/mol. The van der Waals surface area contributed by atoms with E-state index in [-0.39, 0.29) is 22.9 Å². The van der Waals surface area contributed by atoms with Crippen LogP contribution in [0.5, 0.6) is 0 Å². The number of nitro benzene ring substituents is 1. The maximum Gasteiger partial charge on any atom is 0.338 e. The van der Waals surface area contributed by atoms with Gasteiger partial charge in [-0.05, 0) is 42.5 Å². The molecule has 0 saturated heterocycles. The van der Waals surface area contributed by atoms with E-state index < -0.39 is 16.8 Å². The summed E-state index contributed by atoms with van der Waals surface area (Å²) in [6.45, 7) is 0. The minimum absolute atomic E-state index is 0.0317. The van der Waals surface area contributed by atoms with E-state index in [2.05, 4.69) is 10.1 Å². The van der Waals surface area contributed by atoms with Crippen molar-refractivity contribution in [2.45, 2.75) is 18.9 Å². The number of rotatable bonds is 6. The molecule has 27 heavy (non-hydrogen) atoms. The molecule has 140 valence electrons. The first kappa shape index (κ1) is 18.8. The van der Waals surface area contributed by atoms with Gasteiger partial charge in [0.2, 0.25) is 0 Å². The lowest BCUT2D eigenvalue weighted by Gasteiger charge is -2.19. The smallest absolute Gasteiger partial charge is 0.338 e. The number of ether oxygens (including phenoxy) is 1. The van der Waals surface area contributed by atoms with Gasteiger partial charge < -0.3 is 10.1 Å². The molecule has 0 aromatic heterocycles. The molecule has 1 amide bonds. The number of hydrogen-bond donors (Lipinski definition) is 1. The first-order valence-electron chi connectivity index (χ1n) is 8.33. The average molecular weight is 389 g/mol. The Labute approximate surface area is 160 Å². The number of nitrogens with one attached hydrogen (secondary N) is 1. The van der Waals surface area contributed by atoms with Gasteiger partial charge in [0.1, 0.15) is 0 Å². The van der Waals surface area contributed by atoms with Gasteiger partial charge in [0.25, 0.3) is 11.6 Å². The molecule has 8 heteroatoms. The molecule has 2 aromatic rings. The van der Waals surface area contributed by atoms with Gasteiger partial charge in [-0.3, -0.25) is 14.9 Å². The van der Waals surface area contributed by atoms with E-state index in [1.165, 1.54) is 13.2 Å². The first-order chi connectivity index (χ1) is 12.9. The molecule has 0 aliphatic heterocycles. The predicted octanol–water partition coefficient (Wildman–Crippen LogP) is 3.92. The molecule has 1 saturated carbocycles. The Kier molecular flexibility index (Phi) is 5.41. The lowest BCUT2D eigenvalue weighted by Crippen LogP contribution is -2.30. The third-order valence-corrected chi connectivity index (χ3v) is 4.67. The van der Waals surface area contributed by atoms with E-state index in [9.17, 15) is 19.7 Å². The molecule has 0 unspecified atom stereocenters. The summed E-state index contributed by atoms with van der Waals surface area (Å²) in [5.41, 5.74) is 0.543. The second kappa shape index (κ2) is 7.75. The number of hydrogen-bond acceptors (Lipinski definition) is 5. The summed E-state index contributed by atoms with van der Waals surface area (Å²) in [6.07, 6.45) is 1.96. The minimum Gasteiger partial charge on any atom is -0.465 e. The number of carbonyl (C=O) groups excluding carboxylic acids is 2. The van der Waals surface area contributed by atoms with Crippen molar-refractivity contribution in [3.8, 4) is 0 Å². The summed E-state index contributed by atoms with van der Waals surface area (Å²) >= 11 is 5.93. The van der Waals surface area contributed by atoms with Crippen LogP contribution in [0.1, 0.15) is 45.2 Å². The quantitative estimate of drug-likeness (QED) is 0.459. The van der Waals surface area contributed by atoms with Crippen molar-refractivity contribution in [3.05, 3.63) is 74.3 Å². The molecular formula is C19H17ClN2O5. The number of halogens is 1. The van der Waals surface area contributed by atoms with E-state index in [1.807, 2.05) is 12.1 Å². The molecule has 3 rings (SSSR count). The zero-order chi connectivity index (χ0) is 19.6. The zero-order valence-corrected chi connectivity index (χ0v) is 15.2. The van der Waals surface area contributed by atoms with E-state index in [4.69, 9.17) is 11.6 Å². The van der Waals surface area contributed by atoms with Gasteiger partial charge in [-0.1, -0.05) is 23.7 Å². The Morgan fingerprint density at radius 3 is 2.37 bits per heavy atom. The highest BCUT2D eigenvalue weighted by molar-refractivity contribution is 6.30. The second-order valence-electron chi connectivity index (χ2n) is 6.36. The Hall–Kier alpha value is -2.93. The van der Waals surface area contributed by atoms with Crippen LogP contribution in [0.2, 0.25) is 5.02 Å². The van der Waals surface area contributed by atoms with Gasteiger partial charge in [0, 0.05) is 22.7 Å². The summed E-state index contributed by atoms with van der Waals surface area (Å²) in [7, 11) is 1.17. The lowest BCUT2D eigenvalue weighted by atomic mass is 10.0. The van der Waals surface area contributed by atoms with Crippen LogP contribution in [0, 0.1) is 16.0 Å². The van der Waals surface area contributed by atoms with E-state index in [0.29, 0.717) is 10.9 Å². The van der Waals surface area contributed by atoms with Crippen molar-refractivity contribution in [2.75, 3.05) is 7.11 Å². The molecule has 1 N–H and O–H groups in total. The number of benzene rings is 2. The maximum absolute atomic E-state index is 12.8. The van der Waals surface area contributed by atoms with Crippen molar-refractivity contribution < 1.29 is 19.2 Å². The number of nitro groups is 1.